The summed E-state index contributed by atoms with van der Waals surface area (Å²) in [5, 5.41) is 12.6. The molecule has 0 bridgehead atoms. The van der Waals surface area contributed by atoms with E-state index >= 15 is 0 Å². The van der Waals surface area contributed by atoms with Crippen molar-refractivity contribution in [2.24, 2.45) is 0 Å². The van der Waals surface area contributed by atoms with Crippen LogP contribution in [0.25, 0.3) is 10.1 Å². The first-order valence-corrected chi connectivity index (χ1v) is 6.12. The van der Waals surface area contributed by atoms with Gasteiger partial charge >= 0.3 is 0 Å². The van der Waals surface area contributed by atoms with E-state index in [1.807, 2.05) is 24.3 Å². The lowest BCUT2D eigenvalue weighted by Gasteiger charge is -2.08. The van der Waals surface area contributed by atoms with Gasteiger partial charge in [-0.1, -0.05) is 0 Å². The Morgan fingerprint density at radius 1 is 1.53 bits per heavy atom. The Labute approximate surface area is 103 Å². The van der Waals surface area contributed by atoms with Gasteiger partial charge in [0.1, 0.15) is 0 Å². The van der Waals surface area contributed by atoms with E-state index in [1.165, 1.54) is 11.3 Å². The molecule has 2 aromatic rings. The van der Waals surface area contributed by atoms with Gasteiger partial charge in [0.25, 0.3) is 5.91 Å². The van der Waals surface area contributed by atoms with Crippen LogP contribution in [-0.4, -0.2) is 23.7 Å². The molecule has 0 fully saturated rings. The molecule has 1 atom stereocenters. The van der Waals surface area contributed by atoms with Gasteiger partial charge in [-0.15, -0.1) is 11.3 Å². The number of hydrogen-bond donors (Lipinski definition) is 3. The smallest absolute Gasteiger partial charge is 0.261 e. The first kappa shape index (κ1) is 11.9. The average molecular weight is 250 g/mol. The number of thiophene rings is 1. The second kappa shape index (κ2) is 4.73. The summed E-state index contributed by atoms with van der Waals surface area (Å²) in [4.78, 5) is 12.5. The van der Waals surface area contributed by atoms with E-state index < -0.39 is 0 Å². The van der Waals surface area contributed by atoms with Crippen molar-refractivity contribution in [3.05, 3.63) is 29.1 Å². The Morgan fingerprint density at radius 3 is 3.00 bits per heavy atom. The third-order valence-corrected chi connectivity index (χ3v) is 3.53. The van der Waals surface area contributed by atoms with Crippen molar-refractivity contribution in [3.63, 3.8) is 0 Å². The normalized spacial score (nSPS) is 12.6. The second-order valence-electron chi connectivity index (χ2n) is 3.96. The monoisotopic (exact) mass is 250 g/mol. The van der Waals surface area contributed by atoms with Crippen LogP contribution >= 0.6 is 11.3 Å². The van der Waals surface area contributed by atoms with E-state index in [1.54, 1.807) is 6.92 Å². The number of carbonyl (C=O) groups is 1. The third-order valence-electron chi connectivity index (χ3n) is 2.42. The molecule has 0 spiro atoms. The highest BCUT2D eigenvalue weighted by Crippen LogP contribution is 2.27. The Morgan fingerprint density at radius 2 is 2.29 bits per heavy atom. The zero-order valence-corrected chi connectivity index (χ0v) is 10.3. The van der Waals surface area contributed by atoms with Crippen LogP contribution in [0.3, 0.4) is 0 Å². The molecule has 2 rings (SSSR count). The fraction of sp³-hybridized carbons (Fsp3) is 0.250. The summed E-state index contributed by atoms with van der Waals surface area (Å²) in [6, 6.07) is 7.14. The lowest BCUT2D eigenvalue weighted by Crippen LogP contribution is -2.34. The number of aliphatic hydroxyl groups excluding tert-OH is 1. The molecule has 0 aliphatic carbocycles. The number of nitrogens with two attached hydrogens (primary N) is 1. The molecule has 0 unspecified atom stereocenters. The quantitative estimate of drug-likeness (QED) is 0.724. The summed E-state index contributed by atoms with van der Waals surface area (Å²) in [5.74, 6) is -0.161. The Kier molecular flexibility index (Phi) is 3.31. The predicted molar refractivity (Wildman–Crippen MR) is 70.3 cm³/mol. The summed E-state index contributed by atoms with van der Waals surface area (Å²) in [5.41, 5.74) is 6.37. The van der Waals surface area contributed by atoms with E-state index in [0.29, 0.717) is 10.6 Å². The number of benzene rings is 1. The molecule has 0 radical (unpaired) electrons. The molecule has 5 heteroatoms. The van der Waals surface area contributed by atoms with E-state index in [4.69, 9.17) is 10.8 Å². The fourth-order valence-corrected chi connectivity index (χ4v) is 2.46. The highest BCUT2D eigenvalue weighted by atomic mass is 32.1. The number of anilines is 1. The minimum atomic E-state index is -0.238. The molecule has 0 saturated carbocycles. The maximum absolute atomic E-state index is 11.8. The predicted octanol–water partition coefficient (Wildman–Crippen LogP) is 1.59. The van der Waals surface area contributed by atoms with Crippen LogP contribution in [-0.2, 0) is 0 Å². The van der Waals surface area contributed by atoms with Gasteiger partial charge in [0.05, 0.1) is 11.5 Å². The molecule has 90 valence electrons. The fourth-order valence-electron chi connectivity index (χ4n) is 1.51. The number of nitrogens with one attached hydrogen (secondary N) is 1. The van der Waals surface area contributed by atoms with Crippen LogP contribution in [0.15, 0.2) is 24.3 Å². The number of amides is 1. The minimum Gasteiger partial charge on any atom is -0.399 e. The van der Waals surface area contributed by atoms with Gasteiger partial charge in [0.2, 0.25) is 0 Å². The third kappa shape index (κ3) is 2.57. The van der Waals surface area contributed by atoms with Gasteiger partial charge in [-0.25, -0.2) is 0 Å². The average Bonchev–Trinajstić information content (AvgIpc) is 2.71. The molecule has 1 heterocycles. The van der Waals surface area contributed by atoms with Crippen molar-refractivity contribution in [1.29, 1.82) is 0 Å². The van der Waals surface area contributed by atoms with Crippen LogP contribution < -0.4 is 11.1 Å². The SMILES string of the molecule is C[C@@H](CO)NC(=O)c1cc2cc(N)ccc2s1. The summed E-state index contributed by atoms with van der Waals surface area (Å²) >= 11 is 1.42. The van der Waals surface area contributed by atoms with Gasteiger partial charge in [0, 0.05) is 16.4 Å². The lowest BCUT2D eigenvalue weighted by atomic mass is 10.2. The molecule has 4 N–H and O–H groups in total. The van der Waals surface area contributed by atoms with Gasteiger partial charge in [-0.3, -0.25) is 4.79 Å². The first-order chi connectivity index (χ1) is 8.10. The first-order valence-electron chi connectivity index (χ1n) is 5.31. The molecule has 1 aromatic heterocycles. The number of rotatable bonds is 3. The highest BCUT2D eigenvalue weighted by molar-refractivity contribution is 7.20. The maximum atomic E-state index is 11.8. The molecule has 1 amide bonds. The minimum absolute atomic E-state index is 0.0659. The molecule has 17 heavy (non-hydrogen) atoms. The lowest BCUT2D eigenvalue weighted by molar-refractivity contribution is 0.0926. The largest absolute Gasteiger partial charge is 0.399 e. The molecule has 0 aliphatic rings. The summed E-state index contributed by atoms with van der Waals surface area (Å²) in [6.07, 6.45) is 0. The number of fused-ring (bicyclic) bond motifs is 1. The molecule has 0 saturated heterocycles. The molecular formula is C12H14N2O2S. The molecular weight excluding hydrogens is 236 g/mol. The zero-order chi connectivity index (χ0) is 12.4. The standard InChI is InChI=1S/C12H14N2O2S/c1-7(6-15)14-12(16)11-5-8-4-9(13)2-3-10(8)17-11/h2-5,7,15H,6,13H2,1H3,(H,14,16)/t7-/m0/s1. The van der Waals surface area contributed by atoms with E-state index in [9.17, 15) is 4.79 Å². The molecule has 0 aliphatic heterocycles. The van der Waals surface area contributed by atoms with E-state index in [0.717, 1.165) is 10.1 Å². The number of hydrogen-bond acceptors (Lipinski definition) is 4. The number of carbonyl (C=O) groups excluding carboxylic acids is 1. The Hall–Kier alpha value is -1.59. The van der Waals surface area contributed by atoms with Crippen LogP contribution in [0.5, 0.6) is 0 Å². The Bertz CT molecular complexity index is 550. The topological polar surface area (TPSA) is 75.3 Å². The molecule has 4 nitrogen and oxygen atoms in total. The van der Waals surface area contributed by atoms with Gasteiger partial charge in [-0.05, 0) is 36.6 Å². The van der Waals surface area contributed by atoms with Crippen molar-refractivity contribution >= 4 is 33.0 Å². The van der Waals surface area contributed by atoms with Crippen LogP contribution in [0, 0.1) is 0 Å². The van der Waals surface area contributed by atoms with Crippen LogP contribution in [0.4, 0.5) is 5.69 Å². The van der Waals surface area contributed by atoms with E-state index in [2.05, 4.69) is 5.32 Å². The summed E-state index contributed by atoms with van der Waals surface area (Å²) < 4.78 is 1.03. The van der Waals surface area contributed by atoms with Gasteiger partial charge < -0.3 is 16.2 Å². The van der Waals surface area contributed by atoms with Crippen LogP contribution in [0.2, 0.25) is 0 Å². The maximum Gasteiger partial charge on any atom is 0.261 e. The van der Waals surface area contributed by atoms with Gasteiger partial charge in [-0.2, -0.15) is 0 Å². The van der Waals surface area contributed by atoms with Crippen molar-refractivity contribution in [2.75, 3.05) is 12.3 Å². The second-order valence-corrected chi connectivity index (χ2v) is 5.05. The van der Waals surface area contributed by atoms with Gasteiger partial charge in [0.15, 0.2) is 0 Å². The summed E-state index contributed by atoms with van der Waals surface area (Å²) in [7, 11) is 0. The van der Waals surface area contributed by atoms with Crippen molar-refractivity contribution in [3.8, 4) is 0 Å². The van der Waals surface area contributed by atoms with Crippen molar-refractivity contribution in [2.45, 2.75) is 13.0 Å². The summed E-state index contributed by atoms with van der Waals surface area (Å²) in [6.45, 7) is 1.69. The zero-order valence-electron chi connectivity index (χ0n) is 9.43. The molecule has 1 aromatic carbocycles. The van der Waals surface area contributed by atoms with Crippen LogP contribution in [0.1, 0.15) is 16.6 Å². The van der Waals surface area contributed by atoms with E-state index in [-0.39, 0.29) is 18.6 Å². The Balaban J connectivity index is 2.27. The number of nitrogen functional groups attached to an aromatic ring is 1. The van der Waals surface area contributed by atoms with Crippen molar-refractivity contribution in [1.82, 2.24) is 5.32 Å². The van der Waals surface area contributed by atoms with Crippen molar-refractivity contribution < 1.29 is 9.90 Å². The highest BCUT2D eigenvalue weighted by Gasteiger charge is 2.12. The number of aliphatic hydroxyl groups is 1.